The van der Waals surface area contributed by atoms with Gasteiger partial charge >= 0.3 is 0 Å². The molecule has 2 aromatic rings. The summed E-state index contributed by atoms with van der Waals surface area (Å²) >= 11 is 3.50. The fraction of sp³-hybridized carbons (Fsp3) is 0.222. The van der Waals surface area contributed by atoms with E-state index < -0.39 is 6.23 Å². The molecule has 5 nitrogen and oxygen atoms in total. The second kappa shape index (κ2) is 6.65. The lowest BCUT2D eigenvalue weighted by atomic mass is 10.1. The van der Waals surface area contributed by atoms with E-state index in [2.05, 4.69) is 21.0 Å². The number of hydrogen-bond acceptors (Lipinski definition) is 4. The lowest BCUT2D eigenvalue weighted by molar-refractivity contribution is -0.135. The van der Waals surface area contributed by atoms with E-state index in [0.717, 1.165) is 21.3 Å². The Morgan fingerprint density at radius 1 is 1.17 bits per heavy atom. The van der Waals surface area contributed by atoms with Crippen molar-refractivity contribution in [2.45, 2.75) is 13.2 Å². The smallest absolute Gasteiger partial charge is 0.243 e. The molecule has 6 heteroatoms. The standard InChI is InChI=1S/C18H18BrN3O2/c1-12(23)22-18(13-8-10-14(11-9-13)21(2)3)24-17(20-22)15-6-4-5-7-16(15)19/h4-11,18H,1-3H3/t18-/m1/s1. The maximum absolute atomic E-state index is 12.0. The zero-order valence-electron chi connectivity index (χ0n) is 13.7. The second-order valence-corrected chi connectivity index (χ2v) is 6.56. The van der Waals surface area contributed by atoms with Gasteiger partial charge in [0.2, 0.25) is 18.0 Å². The highest BCUT2D eigenvalue weighted by Gasteiger charge is 2.33. The van der Waals surface area contributed by atoms with Gasteiger partial charge in [0.15, 0.2) is 0 Å². The van der Waals surface area contributed by atoms with Gasteiger partial charge in [0.25, 0.3) is 0 Å². The molecule has 2 aromatic carbocycles. The van der Waals surface area contributed by atoms with Crippen LogP contribution >= 0.6 is 15.9 Å². The largest absolute Gasteiger partial charge is 0.446 e. The Balaban J connectivity index is 1.92. The first-order chi connectivity index (χ1) is 11.5. The Bertz CT molecular complexity index is 787. The van der Waals surface area contributed by atoms with E-state index in [1.54, 1.807) is 0 Å². The third-order valence-electron chi connectivity index (χ3n) is 3.77. The van der Waals surface area contributed by atoms with Gasteiger partial charge in [-0.2, -0.15) is 5.01 Å². The molecule has 0 saturated heterocycles. The molecule has 1 aliphatic rings. The highest BCUT2D eigenvalue weighted by atomic mass is 79.9. The number of halogens is 1. The number of carbonyl (C=O) groups is 1. The molecule has 0 unspecified atom stereocenters. The lowest BCUT2D eigenvalue weighted by Gasteiger charge is -2.20. The summed E-state index contributed by atoms with van der Waals surface area (Å²) in [5.74, 6) is 0.262. The number of nitrogens with zero attached hydrogens (tertiary/aromatic N) is 3. The van der Waals surface area contributed by atoms with Gasteiger partial charge < -0.3 is 9.64 Å². The minimum atomic E-state index is -0.555. The van der Waals surface area contributed by atoms with E-state index in [1.807, 2.05) is 67.5 Å². The van der Waals surface area contributed by atoms with Crippen LogP contribution in [0.2, 0.25) is 0 Å². The first kappa shape index (κ1) is 16.5. The molecule has 1 atom stereocenters. The van der Waals surface area contributed by atoms with Crippen LogP contribution in [0, 0.1) is 0 Å². The molecule has 0 fully saturated rings. The molecule has 1 aliphatic heterocycles. The van der Waals surface area contributed by atoms with Crippen molar-refractivity contribution in [3.8, 4) is 0 Å². The number of amides is 1. The number of hydrogen-bond donors (Lipinski definition) is 0. The highest BCUT2D eigenvalue weighted by molar-refractivity contribution is 9.10. The number of carbonyl (C=O) groups excluding carboxylic acids is 1. The molecule has 0 aromatic heterocycles. The molecule has 0 saturated carbocycles. The van der Waals surface area contributed by atoms with E-state index in [-0.39, 0.29) is 5.91 Å². The van der Waals surface area contributed by atoms with Gasteiger partial charge in [-0.05, 0) is 40.2 Å². The van der Waals surface area contributed by atoms with E-state index in [1.165, 1.54) is 11.9 Å². The molecule has 0 bridgehead atoms. The van der Waals surface area contributed by atoms with Crippen LogP contribution < -0.4 is 4.90 Å². The summed E-state index contributed by atoms with van der Waals surface area (Å²) < 4.78 is 6.87. The zero-order valence-corrected chi connectivity index (χ0v) is 15.3. The summed E-state index contributed by atoms with van der Waals surface area (Å²) in [5, 5.41) is 5.75. The second-order valence-electron chi connectivity index (χ2n) is 5.70. The van der Waals surface area contributed by atoms with Crippen molar-refractivity contribution >= 4 is 33.4 Å². The topological polar surface area (TPSA) is 45.1 Å². The normalized spacial score (nSPS) is 16.6. The Kier molecular flexibility index (Phi) is 4.57. The van der Waals surface area contributed by atoms with Crippen LogP contribution in [-0.2, 0) is 9.53 Å². The monoisotopic (exact) mass is 387 g/mol. The Labute approximate surface area is 149 Å². The first-order valence-electron chi connectivity index (χ1n) is 7.54. The van der Waals surface area contributed by atoms with Crippen LogP contribution in [0.25, 0.3) is 0 Å². The van der Waals surface area contributed by atoms with Crippen molar-refractivity contribution < 1.29 is 9.53 Å². The van der Waals surface area contributed by atoms with Gasteiger partial charge in [-0.1, -0.05) is 24.3 Å². The van der Waals surface area contributed by atoms with Crippen LogP contribution in [0.4, 0.5) is 5.69 Å². The summed E-state index contributed by atoms with van der Waals surface area (Å²) in [5.41, 5.74) is 2.77. The molecule has 124 valence electrons. The first-order valence-corrected chi connectivity index (χ1v) is 8.34. The van der Waals surface area contributed by atoms with Gasteiger partial charge in [0.05, 0.1) is 5.56 Å². The van der Waals surface area contributed by atoms with E-state index >= 15 is 0 Å². The minimum absolute atomic E-state index is 0.168. The molecule has 0 N–H and O–H groups in total. The molecular weight excluding hydrogens is 370 g/mol. The summed E-state index contributed by atoms with van der Waals surface area (Å²) in [7, 11) is 3.97. The molecule has 0 radical (unpaired) electrons. The van der Waals surface area contributed by atoms with Crippen LogP contribution in [0.5, 0.6) is 0 Å². The van der Waals surface area contributed by atoms with Gasteiger partial charge in [-0.15, -0.1) is 5.10 Å². The van der Waals surface area contributed by atoms with Gasteiger partial charge in [-0.25, -0.2) is 0 Å². The van der Waals surface area contributed by atoms with E-state index in [9.17, 15) is 4.79 Å². The van der Waals surface area contributed by atoms with Crippen molar-refractivity contribution in [2.24, 2.45) is 5.10 Å². The number of anilines is 1. The minimum Gasteiger partial charge on any atom is -0.446 e. The van der Waals surface area contributed by atoms with Crippen LogP contribution in [0.3, 0.4) is 0 Å². The summed E-state index contributed by atoms with van der Waals surface area (Å²) in [6.45, 7) is 1.48. The van der Waals surface area contributed by atoms with Crippen molar-refractivity contribution in [3.63, 3.8) is 0 Å². The Morgan fingerprint density at radius 2 is 1.83 bits per heavy atom. The van der Waals surface area contributed by atoms with E-state index in [0.29, 0.717) is 5.90 Å². The molecule has 24 heavy (non-hydrogen) atoms. The summed E-state index contributed by atoms with van der Waals surface area (Å²) in [4.78, 5) is 14.0. The van der Waals surface area contributed by atoms with Gasteiger partial charge in [0, 0.05) is 36.7 Å². The molecular formula is C18H18BrN3O2. The average molecular weight is 388 g/mol. The predicted molar refractivity (Wildman–Crippen MR) is 97.8 cm³/mol. The predicted octanol–water partition coefficient (Wildman–Crippen LogP) is 3.75. The van der Waals surface area contributed by atoms with Crippen LogP contribution in [-0.4, -0.2) is 30.9 Å². The third kappa shape index (κ3) is 3.14. The Hall–Kier alpha value is -2.34. The van der Waals surface area contributed by atoms with Crippen molar-refractivity contribution in [1.82, 2.24) is 5.01 Å². The number of benzene rings is 2. The fourth-order valence-electron chi connectivity index (χ4n) is 2.46. The molecule has 0 aliphatic carbocycles. The molecule has 3 rings (SSSR count). The highest BCUT2D eigenvalue weighted by Crippen LogP contribution is 2.32. The van der Waals surface area contributed by atoms with Crippen LogP contribution in [0.1, 0.15) is 24.3 Å². The van der Waals surface area contributed by atoms with E-state index in [4.69, 9.17) is 4.74 Å². The Morgan fingerprint density at radius 3 is 2.42 bits per heavy atom. The molecule has 0 spiro atoms. The van der Waals surface area contributed by atoms with Gasteiger partial charge in [0.1, 0.15) is 0 Å². The van der Waals surface area contributed by atoms with Gasteiger partial charge in [-0.3, -0.25) is 4.79 Å². The number of rotatable bonds is 3. The third-order valence-corrected chi connectivity index (χ3v) is 4.46. The fourth-order valence-corrected chi connectivity index (χ4v) is 2.92. The zero-order chi connectivity index (χ0) is 17.3. The maximum atomic E-state index is 12.0. The summed E-state index contributed by atoms with van der Waals surface area (Å²) in [6, 6.07) is 15.5. The average Bonchev–Trinajstić information content (AvgIpc) is 3.00. The SMILES string of the molecule is CC(=O)N1N=C(c2ccccc2Br)O[C@@H]1c1ccc(N(C)C)cc1. The van der Waals surface area contributed by atoms with Crippen LogP contribution in [0.15, 0.2) is 58.1 Å². The molecule has 1 amide bonds. The molecule has 1 heterocycles. The quantitative estimate of drug-likeness (QED) is 0.805. The van der Waals surface area contributed by atoms with Crippen molar-refractivity contribution in [3.05, 3.63) is 64.1 Å². The lowest BCUT2D eigenvalue weighted by Crippen LogP contribution is -2.25. The number of ether oxygens (including phenoxy) is 1. The number of hydrazone groups is 1. The summed E-state index contributed by atoms with van der Waals surface area (Å²) in [6.07, 6.45) is -0.555. The maximum Gasteiger partial charge on any atom is 0.243 e. The van der Waals surface area contributed by atoms with Crippen molar-refractivity contribution in [2.75, 3.05) is 19.0 Å². The van der Waals surface area contributed by atoms with Crippen molar-refractivity contribution in [1.29, 1.82) is 0 Å².